The summed E-state index contributed by atoms with van der Waals surface area (Å²) in [4.78, 5) is 23.0. The van der Waals surface area contributed by atoms with Crippen molar-refractivity contribution in [2.45, 2.75) is 25.8 Å². The van der Waals surface area contributed by atoms with Gasteiger partial charge in [0.1, 0.15) is 0 Å². The fourth-order valence-electron chi connectivity index (χ4n) is 2.28. The molecule has 1 unspecified atom stereocenters. The van der Waals surface area contributed by atoms with Crippen LogP contribution >= 0.6 is 0 Å². The fraction of sp³-hybridized carbons (Fsp3) is 0.429. The molecular weight excluding hydrogens is 292 g/mol. The van der Waals surface area contributed by atoms with Gasteiger partial charge in [-0.3, -0.25) is 4.79 Å². The van der Waals surface area contributed by atoms with Gasteiger partial charge in [-0.2, -0.15) is 0 Å². The molecule has 2 rings (SSSR count). The summed E-state index contributed by atoms with van der Waals surface area (Å²) < 4.78 is 23.0. The number of carbonyl (C=O) groups is 2. The minimum Gasteiger partial charge on any atom is -0.334 e. The van der Waals surface area contributed by atoms with Crippen molar-refractivity contribution in [1.82, 2.24) is 5.32 Å². The van der Waals surface area contributed by atoms with E-state index in [2.05, 4.69) is 10.6 Å². The van der Waals surface area contributed by atoms with Crippen LogP contribution in [0, 0.1) is 0 Å². The highest BCUT2D eigenvalue weighted by molar-refractivity contribution is 7.91. The Kier molecular flexibility index (Phi) is 4.62. The maximum absolute atomic E-state index is 11.8. The molecule has 21 heavy (non-hydrogen) atoms. The maximum atomic E-state index is 11.8. The molecule has 0 bridgehead atoms. The number of carbonyl (C=O) groups excluding carboxylic acids is 2. The largest absolute Gasteiger partial charge is 0.334 e. The number of amides is 2. The van der Waals surface area contributed by atoms with Crippen LogP contribution in [0.2, 0.25) is 0 Å². The number of hydrogen-bond donors (Lipinski definition) is 2. The Morgan fingerprint density at radius 2 is 1.86 bits per heavy atom. The molecular formula is C14H18N2O4S. The Balaban J connectivity index is 1.91. The molecule has 0 saturated carbocycles. The first kappa shape index (κ1) is 15.5. The molecule has 2 amide bonds. The number of rotatable bonds is 3. The SMILES string of the molecule is CC(=O)c1ccc(NC(=O)NC2CCCS(=O)(=O)C2)cc1. The molecule has 6 nitrogen and oxygen atoms in total. The number of anilines is 1. The van der Waals surface area contributed by atoms with Crippen molar-refractivity contribution in [3.8, 4) is 0 Å². The second kappa shape index (κ2) is 6.26. The molecule has 1 aromatic rings. The molecule has 1 aliphatic rings. The van der Waals surface area contributed by atoms with Gasteiger partial charge in [-0.05, 0) is 44.0 Å². The van der Waals surface area contributed by atoms with Gasteiger partial charge in [-0.15, -0.1) is 0 Å². The number of Topliss-reactive ketones (excluding diaryl/α,β-unsaturated/α-hetero) is 1. The van der Waals surface area contributed by atoms with Crippen molar-refractivity contribution in [1.29, 1.82) is 0 Å². The number of urea groups is 1. The topological polar surface area (TPSA) is 92.3 Å². The van der Waals surface area contributed by atoms with Gasteiger partial charge in [-0.1, -0.05) is 0 Å². The highest BCUT2D eigenvalue weighted by Gasteiger charge is 2.25. The van der Waals surface area contributed by atoms with E-state index in [1.54, 1.807) is 24.3 Å². The molecule has 1 aliphatic heterocycles. The summed E-state index contributed by atoms with van der Waals surface area (Å²) in [7, 11) is -3.05. The Morgan fingerprint density at radius 3 is 2.43 bits per heavy atom. The number of nitrogens with one attached hydrogen (secondary N) is 2. The van der Waals surface area contributed by atoms with Crippen LogP contribution in [0.4, 0.5) is 10.5 Å². The predicted molar refractivity (Wildman–Crippen MR) is 80.3 cm³/mol. The quantitative estimate of drug-likeness (QED) is 0.829. The second-order valence-electron chi connectivity index (χ2n) is 5.19. The molecule has 0 aliphatic carbocycles. The summed E-state index contributed by atoms with van der Waals surface area (Å²) in [6, 6.07) is 5.74. The van der Waals surface area contributed by atoms with E-state index in [-0.39, 0.29) is 23.3 Å². The lowest BCUT2D eigenvalue weighted by molar-refractivity contribution is 0.101. The molecule has 1 saturated heterocycles. The van der Waals surface area contributed by atoms with Crippen LogP contribution in [-0.2, 0) is 9.84 Å². The Hall–Kier alpha value is -1.89. The van der Waals surface area contributed by atoms with Crippen molar-refractivity contribution < 1.29 is 18.0 Å². The summed E-state index contributed by atoms with van der Waals surface area (Å²) >= 11 is 0. The third kappa shape index (κ3) is 4.56. The van der Waals surface area contributed by atoms with Crippen molar-refractivity contribution in [3.05, 3.63) is 29.8 Å². The lowest BCUT2D eigenvalue weighted by atomic mass is 10.1. The van der Waals surface area contributed by atoms with Crippen LogP contribution in [0.1, 0.15) is 30.1 Å². The Morgan fingerprint density at radius 1 is 1.19 bits per heavy atom. The maximum Gasteiger partial charge on any atom is 0.319 e. The number of sulfone groups is 1. The van der Waals surface area contributed by atoms with Gasteiger partial charge in [-0.25, -0.2) is 13.2 Å². The highest BCUT2D eigenvalue weighted by atomic mass is 32.2. The second-order valence-corrected chi connectivity index (χ2v) is 7.41. The van der Waals surface area contributed by atoms with Crippen molar-refractivity contribution in [3.63, 3.8) is 0 Å². The third-order valence-electron chi connectivity index (χ3n) is 3.35. The van der Waals surface area contributed by atoms with Crippen LogP contribution in [-0.4, -0.2) is 37.8 Å². The van der Waals surface area contributed by atoms with Crippen LogP contribution < -0.4 is 10.6 Å². The van der Waals surface area contributed by atoms with Crippen molar-refractivity contribution >= 4 is 27.3 Å². The van der Waals surface area contributed by atoms with Crippen LogP contribution in [0.5, 0.6) is 0 Å². The molecule has 0 spiro atoms. The van der Waals surface area contributed by atoms with Crippen molar-refractivity contribution in [2.75, 3.05) is 16.8 Å². The third-order valence-corrected chi connectivity index (χ3v) is 5.17. The molecule has 0 aromatic heterocycles. The summed E-state index contributed by atoms with van der Waals surface area (Å²) in [5, 5.41) is 5.29. The number of ketones is 1. The molecule has 2 N–H and O–H groups in total. The Bertz CT molecular complexity index is 637. The van der Waals surface area contributed by atoms with Crippen LogP contribution in [0.3, 0.4) is 0 Å². The summed E-state index contributed by atoms with van der Waals surface area (Å²) in [5.74, 6) is 0.140. The summed E-state index contributed by atoms with van der Waals surface area (Å²) in [5.41, 5.74) is 1.12. The van der Waals surface area contributed by atoms with Gasteiger partial charge in [0.15, 0.2) is 15.6 Å². The minimum absolute atomic E-state index is 0.0102. The molecule has 1 atom stereocenters. The average molecular weight is 310 g/mol. The molecule has 114 valence electrons. The van der Waals surface area contributed by atoms with Gasteiger partial charge < -0.3 is 10.6 Å². The van der Waals surface area contributed by atoms with E-state index in [1.165, 1.54) is 6.92 Å². The summed E-state index contributed by atoms with van der Waals surface area (Å²) in [6.07, 6.45) is 1.23. The molecule has 1 fully saturated rings. The van der Waals surface area contributed by atoms with E-state index in [9.17, 15) is 18.0 Å². The zero-order valence-corrected chi connectivity index (χ0v) is 12.6. The van der Waals surface area contributed by atoms with Crippen molar-refractivity contribution in [2.24, 2.45) is 0 Å². The fourth-order valence-corrected chi connectivity index (χ4v) is 3.91. The molecule has 1 heterocycles. The Labute approximate surface area is 123 Å². The van der Waals surface area contributed by atoms with E-state index in [0.717, 1.165) is 0 Å². The minimum atomic E-state index is -3.05. The monoisotopic (exact) mass is 310 g/mol. The number of hydrogen-bond acceptors (Lipinski definition) is 4. The van der Waals surface area contributed by atoms with Crippen LogP contribution in [0.15, 0.2) is 24.3 Å². The van der Waals surface area contributed by atoms with Gasteiger partial charge in [0, 0.05) is 17.3 Å². The zero-order valence-electron chi connectivity index (χ0n) is 11.8. The first-order valence-corrected chi connectivity index (χ1v) is 8.57. The average Bonchev–Trinajstić information content (AvgIpc) is 2.37. The zero-order chi connectivity index (χ0) is 15.5. The number of benzene rings is 1. The van der Waals surface area contributed by atoms with E-state index in [0.29, 0.717) is 24.1 Å². The smallest absolute Gasteiger partial charge is 0.319 e. The van der Waals surface area contributed by atoms with Crippen LogP contribution in [0.25, 0.3) is 0 Å². The van der Waals surface area contributed by atoms with E-state index < -0.39 is 15.9 Å². The predicted octanol–water partition coefficient (Wildman–Crippen LogP) is 1.59. The lowest BCUT2D eigenvalue weighted by Crippen LogP contribution is -2.44. The van der Waals surface area contributed by atoms with Gasteiger partial charge in [0.05, 0.1) is 11.5 Å². The van der Waals surface area contributed by atoms with Gasteiger partial charge in [0.2, 0.25) is 0 Å². The highest BCUT2D eigenvalue weighted by Crippen LogP contribution is 2.13. The van der Waals surface area contributed by atoms with E-state index in [1.807, 2.05) is 0 Å². The summed E-state index contributed by atoms with van der Waals surface area (Å²) in [6.45, 7) is 1.47. The molecule has 7 heteroatoms. The first-order valence-electron chi connectivity index (χ1n) is 6.75. The molecule has 1 aromatic carbocycles. The van der Waals surface area contributed by atoms with Gasteiger partial charge in [0.25, 0.3) is 0 Å². The normalized spacial score (nSPS) is 20.5. The standard InChI is InChI=1S/C14H18N2O4S/c1-10(17)11-4-6-12(7-5-11)15-14(18)16-13-3-2-8-21(19,20)9-13/h4-7,13H,2-3,8-9H2,1H3,(H2,15,16,18). The lowest BCUT2D eigenvalue weighted by Gasteiger charge is -2.23. The van der Waals surface area contributed by atoms with Gasteiger partial charge >= 0.3 is 6.03 Å². The first-order chi connectivity index (χ1) is 9.85. The molecule has 0 radical (unpaired) electrons. The van der Waals surface area contributed by atoms with E-state index >= 15 is 0 Å². The van der Waals surface area contributed by atoms with E-state index in [4.69, 9.17) is 0 Å².